The van der Waals surface area contributed by atoms with Gasteiger partial charge in [0.1, 0.15) is 11.3 Å². The molecule has 1 amide bonds. The van der Waals surface area contributed by atoms with Gasteiger partial charge in [0.15, 0.2) is 0 Å². The monoisotopic (exact) mass is 584 g/mol. The number of amides is 1. The molecule has 4 aromatic rings. The molecule has 0 bridgehead atoms. The van der Waals surface area contributed by atoms with E-state index in [4.69, 9.17) is 32.4 Å². The van der Waals surface area contributed by atoms with Crippen molar-refractivity contribution in [3.05, 3.63) is 105 Å². The molecule has 182 valence electrons. The van der Waals surface area contributed by atoms with Crippen molar-refractivity contribution in [2.75, 3.05) is 10.3 Å². The summed E-state index contributed by atoms with van der Waals surface area (Å²) in [5, 5.41) is 6.79. The van der Waals surface area contributed by atoms with Crippen molar-refractivity contribution < 1.29 is 13.9 Å². The van der Waals surface area contributed by atoms with Crippen LogP contribution in [0.15, 0.2) is 97.6 Å². The fourth-order valence-corrected chi connectivity index (χ4v) is 5.20. The SMILES string of the molecule is CC1=NN(c2ccccc2)C(=O)[C@]12Oc1c(c(=O)oc3ccccc13)[C@@H]2c1cccc(Br)c1.ClCCl. The van der Waals surface area contributed by atoms with Gasteiger partial charge in [0.05, 0.1) is 33.6 Å². The standard InChI is InChI=1S/C26H17BrN2O4.CH2Cl2/c1-15-26(25(31)29(28-15)18-10-3-2-4-11-18)22(16-8-7-9-17(27)14-16)21-23(33-26)19-12-5-6-13-20(19)32-24(21)30;2-1-3/h2-14,22H,1H3;1H2/t22-,26-;/m0./s1. The lowest BCUT2D eigenvalue weighted by Gasteiger charge is -2.29. The number of rotatable bonds is 2. The summed E-state index contributed by atoms with van der Waals surface area (Å²) >= 11 is 13.0. The van der Waals surface area contributed by atoms with Gasteiger partial charge in [0.25, 0.3) is 5.91 Å². The van der Waals surface area contributed by atoms with Crippen molar-refractivity contribution in [2.45, 2.75) is 18.4 Å². The number of ether oxygens (including phenoxy) is 1. The van der Waals surface area contributed by atoms with E-state index in [1.807, 2.05) is 66.7 Å². The molecule has 1 aromatic heterocycles. The van der Waals surface area contributed by atoms with Crippen LogP contribution in [0.25, 0.3) is 11.0 Å². The van der Waals surface area contributed by atoms with Crippen LogP contribution in [0.4, 0.5) is 5.69 Å². The summed E-state index contributed by atoms with van der Waals surface area (Å²) < 4.78 is 13.0. The van der Waals surface area contributed by atoms with E-state index in [1.54, 1.807) is 19.1 Å². The zero-order chi connectivity index (χ0) is 25.4. The molecule has 2 aliphatic rings. The maximum Gasteiger partial charge on any atom is 0.344 e. The number of nitrogens with zero attached hydrogens (tertiary/aromatic N) is 2. The number of carbonyl (C=O) groups is 1. The second-order valence-corrected chi connectivity index (χ2v) is 9.92. The van der Waals surface area contributed by atoms with Gasteiger partial charge in [-0.05, 0) is 48.9 Å². The molecule has 0 unspecified atom stereocenters. The van der Waals surface area contributed by atoms with E-state index in [2.05, 4.69) is 21.0 Å². The van der Waals surface area contributed by atoms with E-state index in [9.17, 15) is 9.59 Å². The van der Waals surface area contributed by atoms with Gasteiger partial charge in [-0.1, -0.05) is 58.4 Å². The summed E-state index contributed by atoms with van der Waals surface area (Å²) in [7, 11) is 0. The number of para-hydroxylation sites is 2. The Kier molecular flexibility index (Phi) is 6.64. The molecular weight excluding hydrogens is 567 g/mol. The molecule has 3 aromatic carbocycles. The van der Waals surface area contributed by atoms with Crippen LogP contribution >= 0.6 is 39.1 Å². The van der Waals surface area contributed by atoms with E-state index in [1.165, 1.54) is 5.01 Å². The van der Waals surface area contributed by atoms with Gasteiger partial charge in [-0.25, -0.2) is 4.79 Å². The molecule has 6 nitrogen and oxygen atoms in total. The Morgan fingerprint density at radius 2 is 1.69 bits per heavy atom. The highest BCUT2D eigenvalue weighted by Gasteiger charge is 2.63. The minimum Gasteiger partial charge on any atom is -0.469 e. The minimum atomic E-state index is -1.50. The molecule has 0 saturated heterocycles. The van der Waals surface area contributed by atoms with Crippen LogP contribution in [0.3, 0.4) is 0 Å². The quantitative estimate of drug-likeness (QED) is 0.195. The third kappa shape index (κ3) is 3.82. The zero-order valence-electron chi connectivity index (χ0n) is 19.0. The zero-order valence-corrected chi connectivity index (χ0v) is 22.0. The number of halogens is 3. The second kappa shape index (κ2) is 9.73. The van der Waals surface area contributed by atoms with E-state index in [0.717, 1.165) is 10.0 Å². The molecule has 1 spiro atoms. The second-order valence-electron chi connectivity index (χ2n) is 8.19. The van der Waals surface area contributed by atoms with Crippen LogP contribution < -0.4 is 15.4 Å². The summed E-state index contributed by atoms with van der Waals surface area (Å²) in [6, 6.07) is 23.9. The Morgan fingerprint density at radius 3 is 2.42 bits per heavy atom. The highest BCUT2D eigenvalue weighted by Crippen LogP contribution is 2.53. The third-order valence-corrected chi connectivity index (χ3v) is 6.73. The summed E-state index contributed by atoms with van der Waals surface area (Å²) in [6.07, 6.45) is 0. The van der Waals surface area contributed by atoms with Crippen molar-refractivity contribution in [3.8, 4) is 5.75 Å². The van der Waals surface area contributed by atoms with Crippen molar-refractivity contribution in [1.82, 2.24) is 0 Å². The molecule has 0 radical (unpaired) electrons. The van der Waals surface area contributed by atoms with Crippen LogP contribution in [0.5, 0.6) is 5.75 Å². The minimum absolute atomic E-state index is 0.194. The Morgan fingerprint density at radius 1 is 1.00 bits per heavy atom. The highest BCUT2D eigenvalue weighted by molar-refractivity contribution is 9.10. The number of fused-ring (bicyclic) bond motifs is 3. The lowest BCUT2D eigenvalue weighted by atomic mass is 9.77. The van der Waals surface area contributed by atoms with Gasteiger partial charge < -0.3 is 9.15 Å². The normalized spacial score (nSPS) is 20.1. The molecule has 2 atom stereocenters. The summed E-state index contributed by atoms with van der Waals surface area (Å²) in [6.45, 7) is 1.77. The van der Waals surface area contributed by atoms with E-state index >= 15 is 0 Å². The molecule has 0 saturated carbocycles. The molecule has 9 heteroatoms. The largest absolute Gasteiger partial charge is 0.469 e. The molecule has 2 aliphatic heterocycles. The van der Waals surface area contributed by atoms with Gasteiger partial charge in [-0.15, -0.1) is 23.2 Å². The number of anilines is 1. The Hall–Kier alpha value is -3.13. The number of alkyl halides is 2. The van der Waals surface area contributed by atoms with Crippen molar-refractivity contribution >= 4 is 67.4 Å². The van der Waals surface area contributed by atoms with Crippen molar-refractivity contribution in [2.24, 2.45) is 5.10 Å². The van der Waals surface area contributed by atoms with Crippen LogP contribution in [0.1, 0.15) is 24.0 Å². The number of hydrogen-bond donors (Lipinski definition) is 0. The van der Waals surface area contributed by atoms with Gasteiger partial charge in [0.2, 0.25) is 5.60 Å². The Bertz CT molecular complexity index is 1560. The first-order valence-corrected chi connectivity index (χ1v) is 12.9. The van der Waals surface area contributed by atoms with E-state index in [-0.39, 0.29) is 11.2 Å². The molecule has 36 heavy (non-hydrogen) atoms. The van der Waals surface area contributed by atoms with Gasteiger partial charge in [0, 0.05) is 4.47 Å². The van der Waals surface area contributed by atoms with E-state index < -0.39 is 17.1 Å². The molecule has 6 rings (SSSR count). The lowest BCUT2D eigenvalue weighted by Crippen LogP contribution is -2.53. The molecule has 0 N–H and O–H groups in total. The van der Waals surface area contributed by atoms with Gasteiger partial charge in [-0.2, -0.15) is 10.1 Å². The fourth-order valence-electron chi connectivity index (χ4n) is 4.78. The fraction of sp³-hybridized carbons (Fsp3) is 0.148. The summed E-state index contributed by atoms with van der Waals surface area (Å²) in [5.41, 5.74) is 0.561. The maximum absolute atomic E-state index is 14.1. The van der Waals surface area contributed by atoms with Crippen LogP contribution in [-0.4, -0.2) is 22.6 Å². The first-order valence-electron chi connectivity index (χ1n) is 11.0. The van der Waals surface area contributed by atoms with Gasteiger partial charge >= 0.3 is 5.63 Å². The molecule has 0 fully saturated rings. The summed E-state index contributed by atoms with van der Waals surface area (Å²) in [5.74, 6) is -0.712. The predicted molar refractivity (Wildman–Crippen MR) is 145 cm³/mol. The van der Waals surface area contributed by atoms with Gasteiger partial charge in [-0.3, -0.25) is 4.79 Å². The number of hydrazone groups is 1. The highest BCUT2D eigenvalue weighted by atomic mass is 79.9. The molecular formula is C27H19BrCl2N2O4. The van der Waals surface area contributed by atoms with Crippen LogP contribution in [0, 0.1) is 0 Å². The maximum atomic E-state index is 14.1. The Balaban J connectivity index is 0.000000848. The van der Waals surface area contributed by atoms with Crippen molar-refractivity contribution in [3.63, 3.8) is 0 Å². The summed E-state index contributed by atoms with van der Waals surface area (Å²) in [4.78, 5) is 27.3. The van der Waals surface area contributed by atoms with Crippen LogP contribution in [0.2, 0.25) is 0 Å². The average Bonchev–Trinajstić information content (AvgIpc) is 3.37. The average molecular weight is 586 g/mol. The number of hydrogen-bond acceptors (Lipinski definition) is 5. The third-order valence-electron chi connectivity index (χ3n) is 6.24. The predicted octanol–water partition coefficient (Wildman–Crippen LogP) is 6.66. The first-order chi connectivity index (χ1) is 17.4. The topological polar surface area (TPSA) is 72.1 Å². The number of benzene rings is 3. The van der Waals surface area contributed by atoms with E-state index in [0.29, 0.717) is 33.7 Å². The lowest BCUT2D eigenvalue weighted by molar-refractivity contribution is -0.127. The first kappa shape index (κ1) is 24.6. The van der Waals surface area contributed by atoms with Crippen LogP contribution in [-0.2, 0) is 4.79 Å². The molecule has 3 heterocycles. The van der Waals surface area contributed by atoms with Crippen molar-refractivity contribution in [1.29, 1.82) is 0 Å². The Labute approximate surface area is 225 Å². The molecule has 0 aliphatic carbocycles. The number of carbonyl (C=O) groups excluding carboxylic acids is 1. The smallest absolute Gasteiger partial charge is 0.344 e.